The maximum atomic E-state index is 11.4. The van der Waals surface area contributed by atoms with Crippen LogP contribution in [0.15, 0.2) is 0 Å². The molecule has 1 amide bonds. The molecule has 0 aliphatic rings. The lowest BCUT2D eigenvalue weighted by molar-refractivity contribution is -0.121. The maximum Gasteiger partial charge on any atom is 0.221 e. The first-order chi connectivity index (χ1) is 9.24. The molecule has 0 aromatic heterocycles. The van der Waals surface area contributed by atoms with E-state index in [4.69, 9.17) is 0 Å². The van der Waals surface area contributed by atoms with Gasteiger partial charge in [0.1, 0.15) is 0 Å². The van der Waals surface area contributed by atoms with E-state index in [-0.39, 0.29) is 5.91 Å². The van der Waals surface area contributed by atoms with E-state index in [1.54, 1.807) is 0 Å². The highest BCUT2D eigenvalue weighted by atomic mass is 16.1. The lowest BCUT2D eigenvalue weighted by atomic mass is 9.91. The smallest absolute Gasteiger partial charge is 0.221 e. The first kappa shape index (κ1) is 18.4. The summed E-state index contributed by atoms with van der Waals surface area (Å²) in [4.78, 5) is 11.4. The van der Waals surface area contributed by atoms with E-state index in [2.05, 4.69) is 24.5 Å². The summed E-state index contributed by atoms with van der Waals surface area (Å²) in [5.74, 6) is 1.04. The van der Waals surface area contributed by atoms with Gasteiger partial charge in [0.05, 0.1) is 0 Å². The third-order valence-corrected chi connectivity index (χ3v) is 3.65. The molecule has 0 saturated carbocycles. The first-order valence-electron chi connectivity index (χ1n) is 8.15. The number of nitrogens with one attached hydrogen (secondary N) is 2. The second-order valence-electron chi connectivity index (χ2n) is 5.50. The molecule has 0 saturated heterocycles. The lowest BCUT2D eigenvalue weighted by Gasteiger charge is -2.16. The third kappa shape index (κ3) is 12.2. The van der Waals surface area contributed by atoms with Gasteiger partial charge in [-0.1, -0.05) is 52.4 Å². The van der Waals surface area contributed by atoms with Crippen molar-refractivity contribution in [3.8, 4) is 0 Å². The highest BCUT2D eigenvalue weighted by Crippen LogP contribution is 2.20. The van der Waals surface area contributed by atoms with Crippen molar-refractivity contribution in [1.82, 2.24) is 10.6 Å². The van der Waals surface area contributed by atoms with E-state index in [0.29, 0.717) is 6.42 Å². The molecule has 0 unspecified atom stereocenters. The summed E-state index contributed by atoms with van der Waals surface area (Å²) in [6, 6.07) is 0. The van der Waals surface area contributed by atoms with E-state index in [9.17, 15) is 4.79 Å². The quantitative estimate of drug-likeness (QED) is 0.503. The van der Waals surface area contributed by atoms with Gasteiger partial charge in [-0.15, -0.1) is 0 Å². The lowest BCUT2D eigenvalue weighted by Crippen LogP contribution is -2.27. The molecule has 0 spiro atoms. The van der Waals surface area contributed by atoms with Crippen molar-refractivity contribution in [3.05, 3.63) is 0 Å². The van der Waals surface area contributed by atoms with Gasteiger partial charge >= 0.3 is 0 Å². The number of carbonyl (C=O) groups excluding carboxylic acids is 1. The molecule has 2 N–H and O–H groups in total. The molecular formula is C16H34N2O. The minimum absolute atomic E-state index is 0.174. The van der Waals surface area contributed by atoms with Crippen molar-refractivity contribution in [3.63, 3.8) is 0 Å². The van der Waals surface area contributed by atoms with Crippen LogP contribution in [0, 0.1) is 5.92 Å². The molecule has 0 radical (unpaired) electrons. The van der Waals surface area contributed by atoms with Gasteiger partial charge in [-0.05, 0) is 25.8 Å². The number of carbonyl (C=O) groups is 1. The fourth-order valence-corrected chi connectivity index (χ4v) is 2.36. The number of hydrogen-bond acceptors (Lipinski definition) is 2. The Kier molecular flexibility index (Phi) is 13.4. The van der Waals surface area contributed by atoms with Crippen LogP contribution in [-0.4, -0.2) is 26.0 Å². The molecule has 0 aliphatic heterocycles. The van der Waals surface area contributed by atoms with Crippen molar-refractivity contribution in [2.24, 2.45) is 5.92 Å². The van der Waals surface area contributed by atoms with E-state index in [0.717, 1.165) is 25.4 Å². The van der Waals surface area contributed by atoms with Gasteiger partial charge in [0.15, 0.2) is 0 Å². The zero-order valence-corrected chi connectivity index (χ0v) is 13.3. The summed E-state index contributed by atoms with van der Waals surface area (Å²) >= 11 is 0. The maximum absolute atomic E-state index is 11.4. The van der Waals surface area contributed by atoms with Crippen LogP contribution >= 0.6 is 0 Å². The Morgan fingerprint density at radius 1 is 0.947 bits per heavy atom. The fraction of sp³-hybridized carbons (Fsp3) is 0.938. The average molecular weight is 270 g/mol. The SMILES string of the molecule is CCCCC(CCCC)CCCNC(=O)CCNC. The molecule has 3 nitrogen and oxygen atoms in total. The highest BCUT2D eigenvalue weighted by Gasteiger charge is 2.08. The Labute approximate surface area is 119 Å². The minimum atomic E-state index is 0.174. The molecule has 3 heteroatoms. The average Bonchev–Trinajstić information content (AvgIpc) is 2.43. The van der Waals surface area contributed by atoms with Crippen molar-refractivity contribution < 1.29 is 4.79 Å². The molecule has 114 valence electrons. The topological polar surface area (TPSA) is 41.1 Å². The number of amides is 1. The van der Waals surface area contributed by atoms with Gasteiger partial charge in [0, 0.05) is 19.5 Å². The van der Waals surface area contributed by atoms with Crippen molar-refractivity contribution >= 4 is 5.91 Å². The molecule has 0 atom stereocenters. The van der Waals surface area contributed by atoms with Crippen LogP contribution in [0.2, 0.25) is 0 Å². The van der Waals surface area contributed by atoms with Crippen LogP contribution in [0.3, 0.4) is 0 Å². The zero-order valence-electron chi connectivity index (χ0n) is 13.3. The first-order valence-corrected chi connectivity index (χ1v) is 8.15. The molecule has 0 bridgehead atoms. The van der Waals surface area contributed by atoms with Crippen LogP contribution in [-0.2, 0) is 4.79 Å². The molecule has 0 fully saturated rings. The summed E-state index contributed by atoms with van der Waals surface area (Å²) in [6.45, 7) is 6.14. The Hall–Kier alpha value is -0.570. The number of rotatable bonds is 13. The number of unbranched alkanes of at least 4 members (excludes halogenated alkanes) is 2. The standard InChI is InChI=1S/C16H34N2O/c1-4-6-9-15(10-7-5-2)11-8-13-18-16(19)12-14-17-3/h15,17H,4-14H2,1-3H3,(H,18,19). The largest absolute Gasteiger partial charge is 0.356 e. The van der Waals surface area contributed by atoms with E-state index in [1.807, 2.05) is 7.05 Å². The zero-order chi connectivity index (χ0) is 14.3. The van der Waals surface area contributed by atoms with Crippen LogP contribution in [0.5, 0.6) is 0 Å². The van der Waals surface area contributed by atoms with Crippen LogP contribution in [0.4, 0.5) is 0 Å². The second-order valence-corrected chi connectivity index (χ2v) is 5.50. The third-order valence-electron chi connectivity index (χ3n) is 3.65. The molecule has 19 heavy (non-hydrogen) atoms. The molecule has 0 aromatic carbocycles. The van der Waals surface area contributed by atoms with E-state index < -0.39 is 0 Å². The second kappa shape index (κ2) is 13.9. The minimum Gasteiger partial charge on any atom is -0.356 e. The Morgan fingerprint density at radius 3 is 2.05 bits per heavy atom. The summed E-state index contributed by atoms with van der Waals surface area (Å²) in [5.41, 5.74) is 0. The summed E-state index contributed by atoms with van der Waals surface area (Å²) in [5, 5.41) is 6.00. The van der Waals surface area contributed by atoms with E-state index >= 15 is 0 Å². The Bertz CT molecular complexity index is 199. The predicted octanol–water partition coefficient (Wildman–Crippen LogP) is 3.49. The highest BCUT2D eigenvalue weighted by molar-refractivity contribution is 5.75. The van der Waals surface area contributed by atoms with Gasteiger partial charge in [-0.3, -0.25) is 4.79 Å². The van der Waals surface area contributed by atoms with Gasteiger partial charge in [-0.25, -0.2) is 0 Å². The van der Waals surface area contributed by atoms with Gasteiger partial charge in [-0.2, -0.15) is 0 Å². The van der Waals surface area contributed by atoms with Crippen LogP contribution in [0.25, 0.3) is 0 Å². The molecular weight excluding hydrogens is 236 g/mol. The van der Waals surface area contributed by atoms with Crippen LogP contribution < -0.4 is 10.6 Å². The molecule has 0 rings (SSSR count). The van der Waals surface area contributed by atoms with Crippen LogP contribution in [0.1, 0.15) is 71.6 Å². The van der Waals surface area contributed by atoms with Crippen molar-refractivity contribution in [2.75, 3.05) is 20.1 Å². The van der Waals surface area contributed by atoms with Gasteiger partial charge in [0.2, 0.25) is 5.91 Å². The Morgan fingerprint density at radius 2 is 1.53 bits per heavy atom. The summed E-state index contributed by atoms with van der Waals surface area (Å²) in [7, 11) is 1.87. The van der Waals surface area contributed by atoms with Crippen molar-refractivity contribution in [2.45, 2.75) is 71.6 Å². The summed E-state index contributed by atoms with van der Waals surface area (Å²) < 4.78 is 0. The van der Waals surface area contributed by atoms with Crippen molar-refractivity contribution in [1.29, 1.82) is 0 Å². The fourth-order valence-electron chi connectivity index (χ4n) is 2.36. The monoisotopic (exact) mass is 270 g/mol. The number of hydrogen-bond donors (Lipinski definition) is 2. The molecule has 0 aliphatic carbocycles. The van der Waals surface area contributed by atoms with Gasteiger partial charge in [0.25, 0.3) is 0 Å². The normalized spacial score (nSPS) is 10.9. The molecule has 0 heterocycles. The summed E-state index contributed by atoms with van der Waals surface area (Å²) in [6.07, 6.45) is 11.0. The Balaban J connectivity index is 3.63. The molecule has 0 aromatic rings. The van der Waals surface area contributed by atoms with Gasteiger partial charge < -0.3 is 10.6 Å². The predicted molar refractivity (Wildman–Crippen MR) is 83.3 cm³/mol. The van der Waals surface area contributed by atoms with E-state index in [1.165, 1.54) is 44.9 Å².